The number of nitrogens with zero attached hydrogens (tertiary/aromatic N) is 4. The topological polar surface area (TPSA) is 150 Å². The summed E-state index contributed by atoms with van der Waals surface area (Å²) in [5.41, 5.74) is 2.63. The Kier molecular flexibility index (Phi) is 6.96. The van der Waals surface area contributed by atoms with Crippen molar-refractivity contribution in [2.75, 3.05) is 17.2 Å². The van der Waals surface area contributed by atoms with E-state index in [-0.39, 0.29) is 35.6 Å². The molecule has 0 radical (unpaired) electrons. The number of ketones is 1. The molecule has 1 aliphatic carbocycles. The maximum atomic E-state index is 13.3. The zero-order chi connectivity index (χ0) is 23.2. The summed E-state index contributed by atoms with van der Waals surface area (Å²) in [5.74, 6) is -0.423. The lowest BCUT2D eigenvalue weighted by Gasteiger charge is -2.14. The lowest BCUT2D eigenvalue weighted by Crippen LogP contribution is -2.19. The van der Waals surface area contributed by atoms with E-state index in [1.165, 1.54) is 24.8 Å². The Morgan fingerprint density at radius 2 is 1.85 bits per heavy atom. The van der Waals surface area contributed by atoms with Crippen LogP contribution in [-0.2, 0) is 0 Å². The first-order valence-corrected chi connectivity index (χ1v) is 10.7. The highest BCUT2D eigenvalue weighted by Crippen LogP contribution is 2.39. The van der Waals surface area contributed by atoms with Gasteiger partial charge in [-0.15, -0.1) is 0 Å². The van der Waals surface area contributed by atoms with Crippen molar-refractivity contribution in [1.29, 1.82) is 0 Å². The molecule has 10 heteroatoms. The first-order chi connectivity index (χ1) is 16.0. The zero-order valence-corrected chi connectivity index (χ0v) is 17.8. The molecule has 0 aliphatic heterocycles. The molecule has 4 N–H and O–H groups in total. The van der Waals surface area contributed by atoms with Crippen LogP contribution in [0.2, 0.25) is 0 Å². The molecule has 0 aromatic carbocycles. The first kappa shape index (κ1) is 22.4. The van der Waals surface area contributed by atoms with Crippen molar-refractivity contribution in [1.82, 2.24) is 19.9 Å². The van der Waals surface area contributed by atoms with Gasteiger partial charge in [-0.05, 0) is 37.5 Å². The molecule has 10 nitrogen and oxygen atoms in total. The van der Waals surface area contributed by atoms with Crippen LogP contribution in [0.25, 0.3) is 0 Å². The predicted octanol–water partition coefficient (Wildman–Crippen LogP) is 2.46. The van der Waals surface area contributed by atoms with Crippen molar-refractivity contribution in [3.63, 3.8) is 0 Å². The van der Waals surface area contributed by atoms with Gasteiger partial charge >= 0.3 is 0 Å². The largest absolute Gasteiger partial charge is 0.394 e. The summed E-state index contributed by atoms with van der Waals surface area (Å²) in [4.78, 5) is 42.5. The van der Waals surface area contributed by atoms with E-state index in [2.05, 4.69) is 30.6 Å². The number of carbonyl (C=O) groups excluding carboxylic acids is 2. The van der Waals surface area contributed by atoms with Crippen LogP contribution >= 0.6 is 0 Å². The average Bonchev–Trinajstić information content (AvgIpc) is 3.69. The predicted molar refractivity (Wildman–Crippen MR) is 120 cm³/mol. The normalized spacial score (nSPS) is 13.9. The Morgan fingerprint density at radius 3 is 2.58 bits per heavy atom. The first-order valence-electron chi connectivity index (χ1n) is 10.7. The van der Waals surface area contributed by atoms with Crippen LogP contribution in [0.5, 0.6) is 0 Å². The molecule has 1 amide bonds. The third-order valence-corrected chi connectivity index (χ3v) is 5.25. The fraction of sp³-hybridized carbons (Fsp3) is 0.304. The van der Waals surface area contributed by atoms with Gasteiger partial charge in [0, 0.05) is 29.8 Å². The van der Waals surface area contributed by atoms with E-state index in [0.717, 1.165) is 18.5 Å². The van der Waals surface area contributed by atoms with Crippen molar-refractivity contribution in [3.8, 4) is 0 Å². The van der Waals surface area contributed by atoms with Gasteiger partial charge in [-0.1, -0.05) is 0 Å². The molecule has 1 atom stereocenters. The minimum absolute atomic E-state index is 0.0187. The van der Waals surface area contributed by atoms with Gasteiger partial charge in [-0.2, -0.15) is 0 Å². The van der Waals surface area contributed by atoms with Crippen LogP contribution in [0.3, 0.4) is 0 Å². The number of aromatic nitrogens is 4. The van der Waals surface area contributed by atoms with Crippen LogP contribution in [0.15, 0.2) is 49.3 Å². The molecule has 1 fully saturated rings. The summed E-state index contributed by atoms with van der Waals surface area (Å²) in [6.45, 7) is -0.418. The Balaban J connectivity index is 1.58. The summed E-state index contributed by atoms with van der Waals surface area (Å²) in [7, 11) is 0. The van der Waals surface area contributed by atoms with Crippen LogP contribution in [-0.4, -0.2) is 54.6 Å². The van der Waals surface area contributed by atoms with Crippen molar-refractivity contribution in [3.05, 3.63) is 66.3 Å². The second kappa shape index (κ2) is 10.2. The molecule has 0 saturated heterocycles. The van der Waals surface area contributed by atoms with Gasteiger partial charge < -0.3 is 20.8 Å². The molecule has 3 aromatic heterocycles. The number of Topliss-reactive ketones (excluding diaryl/α,β-unsaturated/α-hetero) is 1. The van der Waals surface area contributed by atoms with E-state index >= 15 is 0 Å². The molecule has 0 bridgehead atoms. The molecule has 4 rings (SSSR count). The van der Waals surface area contributed by atoms with Crippen LogP contribution in [0, 0.1) is 0 Å². The second-order valence-electron chi connectivity index (χ2n) is 7.83. The number of hydrogen-bond acceptors (Lipinski definition) is 9. The molecule has 3 aromatic rings. The van der Waals surface area contributed by atoms with Gasteiger partial charge in [0.15, 0.2) is 11.5 Å². The molecular weight excluding hydrogens is 424 g/mol. The van der Waals surface area contributed by atoms with Gasteiger partial charge in [0.05, 0.1) is 48.4 Å². The number of rotatable bonds is 10. The monoisotopic (exact) mass is 448 g/mol. The molecule has 0 spiro atoms. The SMILES string of the molecule is O=C(CCC(O)CO)c1ccncc1NC(=O)c1nc(C2CC2)ccc1Nc1cncnc1. The molecule has 1 aliphatic rings. The Morgan fingerprint density at radius 1 is 1.06 bits per heavy atom. The maximum absolute atomic E-state index is 13.3. The highest BCUT2D eigenvalue weighted by atomic mass is 16.3. The van der Waals surface area contributed by atoms with Crippen LogP contribution in [0.4, 0.5) is 17.1 Å². The molecule has 1 saturated carbocycles. The Bertz CT molecular complexity index is 1140. The van der Waals surface area contributed by atoms with Gasteiger partial charge in [-0.25, -0.2) is 15.0 Å². The van der Waals surface area contributed by atoms with E-state index in [1.54, 1.807) is 18.5 Å². The number of pyridine rings is 2. The van der Waals surface area contributed by atoms with E-state index in [1.807, 2.05) is 6.07 Å². The standard InChI is InChI=1S/C23H24N6O4/c30-12-16(31)3-6-21(32)17-7-8-24-11-20(17)29-23(33)22-19(27-15-9-25-13-26-10-15)5-4-18(28-22)14-1-2-14/h4-5,7-11,13-14,16,27,30-31H,1-3,6,12H2,(H,29,33). The Hall–Kier alpha value is -3.76. The van der Waals surface area contributed by atoms with Gasteiger partial charge in [0.1, 0.15) is 6.33 Å². The van der Waals surface area contributed by atoms with Crippen molar-refractivity contribution < 1.29 is 19.8 Å². The summed E-state index contributed by atoms with van der Waals surface area (Å²) in [5, 5.41) is 24.4. The third kappa shape index (κ3) is 5.73. The smallest absolute Gasteiger partial charge is 0.276 e. The number of amides is 1. The lowest BCUT2D eigenvalue weighted by atomic mass is 10.0. The number of nitrogens with one attached hydrogen (secondary N) is 2. The number of carbonyl (C=O) groups is 2. The average molecular weight is 448 g/mol. The van der Waals surface area contributed by atoms with E-state index < -0.39 is 18.6 Å². The fourth-order valence-corrected chi connectivity index (χ4v) is 3.32. The van der Waals surface area contributed by atoms with Crippen molar-refractivity contribution in [2.24, 2.45) is 0 Å². The quantitative estimate of drug-likeness (QED) is 0.343. The second-order valence-corrected chi connectivity index (χ2v) is 7.83. The summed E-state index contributed by atoms with van der Waals surface area (Å²) in [6.07, 6.45) is 8.67. The summed E-state index contributed by atoms with van der Waals surface area (Å²) < 4.78 is 0. The minimum atomic E-state index is -0.973. The third-order valence-electron chi connectivity index (χ3n) is 5.25. The summed E-state index contributed by atoms with van der Waals surface area (Å²) in [6, 6.07) is 5.21. The van der Waals surface area contributed by atoms with Gasteiger partial charge in [0.25, 0.3) is 5.91 Å². The minimum Gasteiger partial charge on any atom is -0.394 e. The molecule has 170 valence electrons. The van der Waals surface area contributed by atoms with E-state index in [9.17, 15) is 14.7 Å². The van der Waals surface area contributed by atoms with Crippen LogP contribution in [0.1, 0.15) is 58.1 Å². The molecular formula is C23H24N6O4. The fourth-order valence-electron chi connectivity index (χ4n) is 3.32. The van der Waals surface area contributed by atoms with Crippen molar-refractivity contribution in [2.45, 2.75) is 37.7 Å². The molecule has 33 heavy (non-hydrogen) atoms. The Labute approximate surface area is 190 Å². The number of hydrogen-bond donors (Lipinski definition) is 4. The molecule has 3 heterocycles. The number of aliphatic hydroxyl groups is 2. The van der Waals surface area contributed by atoms with E-state index in [4.69, 9.17) is 5.11 Å². The highest BCUT2D eigenvalue weighted by Gasteiger charge is 2.27. The molecule has 1 unspecified atom stereocenters. The number of anilines is 3. The zero-order valence-electron chi connectivity index (χ0n) is 17.8. The summed E-state index contributed by atoms with van der Waals surface area (Å²) >= 11 is 0. The van der Waals surface area contributed by atoms with Crippen LogP contribution < -0.4 is 10.6 Å². The number of aliphatic hydroxyl groups excluding tert-OH is 2. The van der Waals surface area contributed by atoms with E-state index in [0.29, 0.717) is 17.3 Å². The maximum Gasteiger partial charge on any atom is 0.276 e. The lowest BCUT2D eigenvalue weighted by molar-refractivity contribution is 0.0780. The highest BCUT2D eigenvalue weighted by molar-refractivity contribution is 6.10. The van der Waals surface area contributed by atoms with Gasteiger partial charge in [0.2, 0.25) is 0 Å². The van der Waals surface area contributed by atoms with Crippen molar-refractivity contribution >= 4 is 28.8 Å². The van der Waals surface area contributed by atoms with Gasteiger partial charge in [-0.3, -0.25) is 14.6 Å².